The highest BCUT2D eigenvalue weighted by Crippen LogP contribution is 2.22. The molecule has 0 saturated heterocycles. The van der Waals surface area contributed by atoms with Crippen LogP contribution in [0, 0.1) is 5.41 Å². The van der Waals surface area contributed by atoms with E-state index in [1.54, 1.807) is 65.3 Å². The van der Waals surface area contributed by atoms with Crippen molar-refractivity contribution in [1.29, 1.82) is 0 Å². The summed E-state index contributed by atoms with van der Waals surface area (Å²) in [6, 6.07) is 0. The van der Waals surface area contributed by atoms with Gasteiger partial charge in [0, 0.05) is 76.4 Å². The number of aliphatic hydroxyl groups is 6. The topological polar surface area (TPSA) is 312 Å². The second kappa shape index (κ2) is 20.1. The zero-order valence-electron chi connectivity index (χ0n) is 31.3. The number of hydrogen-bond donors (Lipinski definition) is 6. The van der Waals surface area contributed by atoms with Crippen LogP contribution in [-0.2, 0) is 78.5 Å². The number of aliphatic hydroxyl groups excluding tert-OH is 6. The zero-order chi connectivity index (χ0) is 40.0. The average Bonchev–Trinajstić information content (AvgIpc) is 4.06. The Morgan fingerprint density at radius 2 is 0.596 bits per heavy atom. The zero-order valence-corrected chi connectivity index (χ0v) is 31.3. The van der Waals surface area contributed by atoms with Crippen molar-refractivity contribution in [3.63, 3.8) is 0 Å². The van der Waals surface area contributed by atoms with Crippen molar-refractivity contribution in [3.8, 4) is 0 Å². The van der Waals surface area contributed by atoms with Crippen molar-refractivity contribution in [2.75, 3.05) is 39.6 Å². The van der Waals surface area contributed by atoms with Gasteiger partial charge in [0.2, 0.25) is 0 Å². The Morgan fingerprint density at radius 3 is 0.825 bits per heavy atom. The average molecular weight is 797 g/mol. The molecule has 26 heteroatoms. The maximum atomic E-state index is 10.6. The van der Waals surface area contributed by atoms with E-state index in [1.165, 1.54) is 0 Å². The molecule has 0 aliphatic carbocycles. The van der Waals surface area contributed by atoms with Gasteiger partial charge in [0.05, 0.1) is 118 Å². The van der Waals surface area contributed by atoms with Crippen molar-refractivity contribution in [2.24, 2.45) is 5.41 Å². The molecule has 0 aliphatic rings. The third-order valence-electron chi connectivity index (χ3n) is 8.81. The quantitative estimate of drug-likeness (QED) is 0.0300. The molecule has 6 rings (SSSR count). The highest BCUT2D eigenvalue weighted by molar-refractivity contribution is 5.02. The molecule has 6 aromatic heterocycles. The van der Waals surface area contributed by atoms with Crippen LogP contribution in [0.15, 0.2) is 37.2 Å². The van der Waals surface area contributed by atoms with Gasteiger partial charge in [-0.25, -0.2) is 18.7 Å². The summed E-state index contributed by atoms with van der Waals surface area (Å²) in [6.07, 6.45) is 10.5. The molecule has 0 unspecified atom stereocenters. The Morgan fingerprint density at radius 1 is 0.368 bits per heavy atom. The maximum absolute atomic E-state index is 10.6. The van der Waals surface area contributed by atoms with E-state index in [1.807, 2.05) is 9.80 Å². The third kappa shape index (κ3) is 11.8. The Labute approximate surface area is 325 Å². The maximum Gasteiger partial charge on any atom is 0.0967 e. The molecule has 0 spiro atoms. The van der Waals surface area contributed by atoms with Crippen LogP contribution >= 0.6 is 0 Å². The molecule has 308 valence electrons. The lowest BCUT2D eigenvalue weighted by Gasteiger charge is -2.29. The van der Waals surface area contributed by atoms with E-state index in [-0.39, 0.29) is 52.7 Å². The van der Waals surface area contributed by atoms with Crippen LogP contribution < -0.4 is 0 Å². The van der Waals surface area contributed by atoms with Gasteiger partial charge in [0.25, 0.3) is 0 Å². The van der Waals surface area contributed by atoms with Gasteiger partial charge in [0.15, 0.2) is 0 Å². The Hall–Kier alpha value is -5.48. The summed E-state index contributed by atoms with van der Waals surface area (Å²) in [5.41, 5.74) is 2.83. The summed E-state index contributed by atoms with van der Waals surface area (Å²) in [5, 5.41) is 109. The lowest BCUT2D eigenvalue weighted by atomic mass is 9.90. The molecule has 0 aromatic carbocycles. The van der Waals surface area contributed by atoms with Gasteiger partial charge < -0.3 is 30.6 Å². The van der Waals surface area contributed by atoms with Gasteiger partial charge >= 0.3 is 0 Å². The molecule has 6 heterocycles. The molecule has 57 heavy (non-hydrogen) atoms. The fourth-order valence-electron chi connectivity index (χ4n) is 6.16. The van der Waals surface area contributed by atoms with E-state index in [9.17, 15) is 30.6 Å². The summed E-state index contributed by atoms with van der Waals surface area (Å²) in [7, 11) is 0. The SMILES string of the molecule is OCCn1cc(CN(Cc2cn(CCO)nn2)Cc2cn(CC(CO)(CO)Cn3cc(CN(Cc4cn(CCO)nn4)Cc4cn(CCO)nn4)nn3)nn2)nn1. The fraction of sp³-hybridized carbons (Fsp3) is 0.613. The molecule has 0 bridgehead atoms. The van der Waals surface area contributed by atoms with Crippen molar-refractivity contribution < 1.29 is 30.6 Å². The molecule has 6 aromatic rings. The van der Waals surface area contributed by atoms with Crippen LogP contribution in [0.3, 0.4) is 0 Å². The molecule has 0 fully saturated rings. The van der Waals surface area contributed by atoms with Crippen LogP contribution in [0.2, 0.25) is 0 Å². The third-order valence-corrected chi connectivity index (χ3v) is 8.81. The predicted molar refractivity (Wildman–Crippen MR) is 191 cm³/mol. The minimum Gasteiger partial charge on any atom is -0.396 e. The Bertz CT molecular complexity index is 1830. The fourth-order valence-corrected chi connectivity index (χ4v) is 6.16. The standard InChI is InChI=1S/C31H48N20O6/c52-5-1-46-15-25(32-38-46)9-44(10-26-16-47(2-6-53)39-33-26)13-29-19-50(42-36-29)21-31(23-56,24-57)22-51-20-30(37-43-51)14-45(11-27-17-48(3-7-54)40-34-27)12-28-18-49(4-8-55)41-35-28/h15-20,52-57H,1-14,21-24H2. The first-order chi connectivity index (χ1) is 27.8. The van der Waals surface area contributed by atoms with E-state index in [4.69, 9.17) is 0 Å². The van der Waals surface area contributed by atoms with Crippen LogP contribution in [0.4, 0.5) is 0 Å². The Balaban J connectivity index is 1.12. The number of aromatic nitrogens is 18. The van der Waals surface area contributed by atoms with Crippen LogP contribution in [0.1, 0.15) is 34.2 Å². The van der Waals surface area contributed by atoms with Gasteiger partial charge in [-0.15, -0.1) is 30.6 Å². The van der Waals surface area contributed by atoms with E-state index in [2.05, 4.69) is 61.9 Å². The van der Waals surface area contributed by atoms with Crippen molar-refractivity contribution in [3.05, 3.63) is 71.3 Å². The molecule has 6 N–H and O–H groups in total. The minimum absolute atomic E-state index is 0.0682. The van der Waals surface area contributed by atoms with Crippen LogP contribution in [0.5, 0.6) is 0 Å². The minimum atomic E-state index is -1.08. The van der Waals surface area contributed by atoms with Gasteiger partial charge in [-0.1, -0.05) is 31.3 Å². The summed E-state index contributed by atoms with van der Waals surface area (Å²) in [4.78, 5) is 4.05. The van der Waals surface area contributed by atoms with E-state index in [0.717, 1.165) is 0 Å². The molecule has 26 nitrogen and oxygen atoms in total. The Kier molecular flexibility index (Phi) is 14.5. The molecular formula is C31H48N20O6. The van der Waals surface area contributed by atoms with E-state index >= 15 is 0 Å². The van der Waals surface area contributed by atoms with E-state index < -0.39 is 5.41 Å². The van der Waals surface area contributed by atoms with Gasteiger partial charge in [0.1, 0.15) is 0 Å². The number of hydrogen-bond acceptors (Lipinski definition) is 20. The lowest BCUT2D eigenvalue weighted by molar-refractivity contribution is 0.0186. The number of nitrogens with zero attached hydrogens (tertiary/aromatic N) is 20. The normalized spacial score (nSPS) is 12.2. The lowest BCUT2D eigenvalue weighted by Crippen LogP contribution is -2.39. The first-order valence-corrected chi connectivity index (χ1v) is 18.3. The largest absolute Gasteiger partial charge is 0.396 e. The van der Waals surface area contributed by atoms with E-state index in [0.29, 0.717) is 99.6 Å². The van der Waals surface area contributed by atoms with Crippen molar-refractivity contribution in [2.45, 2.75) is 78.5 Å². The monoisotopic (exact) mass is 796 g/mol. The highest BCUT2D eigenvalue weighted by Gasteiger charge is 2.32. The molecule has 0 saturated carbocycles. The second-order valence-electron chi connectivity index (χ2n) is 13.7. The number of rotatable bonds is 26. The van der Waals surface area contributed by atoms with Crippen molar-refractivity contribution in [1.82, 2.24) is 99.8 Å². The highest BCUT2D eigenvalue weighted by atomic mass is 16.3. The van der Waals surface area contributed by atoms with Gasteiger partial charge in [-0.2, -0.15) is 0 Å². The summed E-state index contributed by atoms with van der Waals surface area (Å²) in [6.45, 7) is 2.65. The smallest absolute Gasteiger partial charge is 0.0967 e. The van der Waals surface area contributed by atoms with Crippen LogP contribution in [-0.4, -0.2) is 170 Å². The van der Waals surface area contributed by atoms with Gasteiger partial charge in [-0.3, -0.25) is 19.2 Å². The first kappa shape index (κ1) is 41.2. The van der Waals surface area contributed by atoms with Crippen LogP contribution in [0.25, 0.3) is 0 Å². The molecule has 0 amide bonds. The predicted octanol–water partition coefficient (Wildman–Crippen LogP) is -4.72. The molecule has 0 atom stereocenters. The van der Waals surface area contributed by atoms with Crippen molar-refractivity contribution >= 4 is 0 Å². The summed E-state index contributed by atoms with van der Waals surface area (Å²) >= 11 is 0. The molecule has 0 radical (unpaired) electrons. The van der Waals surface area contributed by atoms with Gasteiger partial charge in [-0.05, 0) is 0 Å². The second-order valence-corrected chi connectivity index (χ2v) is 13.7. The molecule has 0 aliphatic heterocycles. The summed E-state index contributed by atoms with van der Waals surface area (Å²) in [5.74, 6) is 0. The molecular weight excluding hydrogens is 748 g/mol. The summed E-state index contributed by atoms with van der Waals surface area (Å²) < 4.78 is 9.38. The first-order valence-electron chi connectivity index (χ1n) is 18.3.